The molecule has 5 heteroatoms. The molecular weight excluding hydrogens is 302 g/mol. The zero-order valence-corrected chi connectivity index (χ0v) is 11.7. The average Bonchev–Trinajstić information content (AvgIpc) is 2.64. The van der Waals surface area contributed by atoms with Crippen LogP contribution in [0.3, 0.4) is 0 Å². The predicted octanol–water partition coefficient (Wildman–Crippen LogP) is 3.08. The Morgan fingerprint density at radius 1 is 1.53 bits per heavy atom. The molecule has 0 aliphatic heterocycles. The van der Waals surface area contributed by atoms with E-state index in [2.05, 4.69) is 20.9 Å². The van der Waals surface area contributed by atoms with Crippen LogP contribution >= 0.6 is 27.5 Å². The maximum atomic E-state index is 6.18. The van der Waals surface area contributed by atoms with Gasteiger partial charge >= 0.3 is 0 Å². The monoisotopic (exact) mass is 313 g/mol. The molecule has 0 saturated carbocycles. The summed E-state index contributed by atoms with van der Waals surface area (Å²) < 4.78 is 2.91. The van der Waals surface area contributed by atoms with E-state index >= 15 is 0 Å². The molecule has 2 aromatic rings. The molecule has 0 saturated heterocycles. The number of imidazole rings is 1. The van der Waals surface area contributed by atoms with Crippen molar-refractivity contribution >= 4 is 27.5 Å². The van der Waals surface area contributed by atoms with Crippen LogP contribution in [-0.2, 0) is 13.5 Å². The summed E-state index contributed by atoms with van der Waals surface area (Å²) in [6.45, 7) is 0. The fraction of sp³-hybridized carbons (Fsp3) is 0.250. The third kappa shape index (κ3) is 2.89. The van der Waals surface area contributed by atoms with E-state index in [0.29, 0.717) is 11.4 Å². The first-order valence-electron chi connectivity index (χ1n) is 5.24. The Morgan fingerprint density at radius 2 is 2.29 bits per heavy atom. The van der Waals surface area contributed by atoms with Crippen molar-refractivity contribution < 1.29 is 0 Å². The van der Waals surface area contributed by atoms with E-state index in [9.17, 15) is 0 Å². The molecule has 0 radical (unpaired) electrons. The van der Waals surface area contributed by atoms with Gasteiger partial charge in [-0.25, -0.2) is 4.98 Å². The highest BCUT2D eigenvalue weighted by Gasteiger charge is 2.13. The van der Waals surface area contributed by atoms with Gasteiger partial charge in [-0.05, 0) is 17.7 Å². The van der Waals surface area contributed by atoms with E-state index in [-0.39, 0.29) is 6.04 Å². The molecular formula is C12H13BrClN3. The second-order valence-corrected chi connectivity index (χ2v) is 5.22. The molecule has 90 valence electrons. The summed E-state index contributed by atoms with van der Waals surface area (Å²) in [5, 5.41) is 0.699. The maximum Gasteiger partial charge on any atom is 0.110 e. The summed E-state index contributed by atoms with van der Waals surface area (Å²) >= 11 is 9.38. The van der Waals surface area contributed by atoms with Crippen molar-refractivity contribution in [2.24, 2.45) is 12.8 Å². The second-order valence-electron chi connectivity index (χ2n) is 3.93. The minimum Gasteiger partial charge on any atom is -0.338 e. The molecule has 0 aliphatic carbocycles. The molecule has 1 atom stereocenters. The van der Waals surface area contributed by atoms with Crippen molar-refractivity contribution in [3.8, 4) is 0 Å². The van der Waals surface area contributed by atoms with Crippen LogP contribution in [0.4, 0.5) is 0 Å². The fourth-order valence-corrected chi connectivity index (χ4v) is 2.68. The van der Waals surface area contributed by atoms with Crippen molar-refractivity contribution in [1.82, 2.24) is 9.55 Å². The van der Waals surface area contributed by atoms with E-state index in [1.165, 1.54) is 0 Å². The summed E-state index contributed by atoms with van der Waals surface area (Å²) in [5.74, 6) is 0.972. The molecule has 1 aromatic carbocycles. The Balaban J connectivity index is 2.20. The SMILES string of the molecule is Cn1ccnc1CC(N)c1ccc(Cl)cc1Br. The molecule has 2 rings (SSSR count). The summed E-state index contributed by atoms with van der Waals surface area (Å²) in [4.78, 5) is 4.27. The van der Waals surface area contributed by atoms with Gasteiger partial charge in [-0.15, -0.1) is 0 Å². The molecule has 1 unspecified atom stereocenters. The average molecular weight is 315 g/mol. The molecule has 3 nitrogen and oxygen atoms in total. The van der Waals surface area contributed by atoms with Gasteiger partial charge in [0.05, 0.1) is 0 Å². The van der Waals surface area contributed by atoms with Crippen LogP contribution in [0.2, 0.25) is 5.02 Å². The summed E-state index contributed by atoms with van der Waals surface area (Å²) in [7, 11) is 1.96. The zero-order valence-electron chi connectivity index (χ0n) is 9.40. The van der Waals surface area contributed by atoms with Crippen molar-refractivity contribution in [1.29, 1.82) is 0 Å². The lowest BCUT2D eigenvalue weighted by Crippen LogP contribution is -2.16. The zero-order chi connectivity index (χ0) is 12.4. The van der Waals surface area contributed by atoms with Crippen molar-refractivity contribution in [2.75, 3.05) is 0 Å². The Bertz CT molecular complexity index is 524. The lowest BCUT2D eigenvalue weighted by molar-refractivity contribution is 0.657. The molecule has 0 bridgehead atoms. The van der Waals surface area contributed by atoms with Crippen molar-refractivity contribution in [3.05, 3.63) is 51.5 Å². The summed E-state index contributed by atoms with van der Waals surface area (Å²) in [5.41, 5.74) is 7.22. The number of halogens is 2. The molecule has 2 N–H and O–H groups in total. The molecule has 1 heterocycles. The first-order valence-corrected chi connectivity index (χ1v) is 6.41. The topological polar surface area (TPSA) is 43.8 Å². The maximum absolute atomic E-state index is 6.18. The van der Waals surface area contributed by atoms with Crippen molar-refractivity contribution in [2.45, 2.75) is 12.5 Å². The Kier molecular flexibility index (Phi) is 3.86. The van der Waals surface area contributed by atoms with Gasteiger partial charge in [0.25, 0.3) is 0 Å². The van der Waals surface area contributed by atoms with Crippen LogP contribution in [0, 0.1) is 0 Å². The number of aromatic nitrogens is 2. The van der Waals surface area contributed by atoms with Crippen LogP contribution in [0.15, 0.2) is 35.1 Å². The van der Waals surface area contributed by atoms with Crippen LogP contribution in [0.1, 0.15) is 17.4 Å². The number of hydrogen-bond acceptors (Lipinski definition) is 2. The Labute approximate surface area is 114 Å². The van der Waals surface area contributed by atoms with Crippen LogP contribution in [0.5, 0.6) is 0 Å². The van der Waals surface area contributed by atoms with Gasteiger partial charge in [0.2, 0.25) is 0 Å². The number of rotatable bonds is 3. The van der Waals surface area contributed by atoms with E-state index in [1.54, 1.807) is 6.20 Å². The van der Waals surface area contributed by atoms with E-state index in [1.807, 2.05) is 36.0 Å². The van der Waals surface area contributed by atoms with Crippen LogP contribution < -0.4 is 5.73 Å². The van der Waals surface area contributed by atoms with Gasteiger partial charge in [-0.1, -0.05) is 33.6 Å². The number of benzene rings is 1. The van der Waals surface area contributed by atoms with Crippen LogP contribution in [-0.4, -0.2) is 9.55 Å². The highest BCUT2D eigenvalue weighted by Crippen LogP contribution is 2.27. The highest BCUT2D eigenvalue weighted by atomic mass is 79.9. The second kappa shape index (κ2) is 5.21. The first kappa shape index (κ1) is 12.6. The minimum absolute atomic E-state index is 0.0947. The van der Waals surface area contributed by atoms with E-state index in [4.69, 9.17) is 17.3 Å². The normalized spacial score (nSPS) is 12.7. The lowest BCUT2D eigenvalue weighted by atomic mass is 10.0. The number of aryl methyl sites for hydroxylation is 1. The van der Waals surface area contributed by atoms with Gasteiger partial charge < -0.3 is 10.3 Å². The predicted molar refractivity (Wildman–Crippen MR) is 73.0 cm³/mol. The minimum atomic E-state index is -0.0947. The molecule has 17 heavy (non-hydrogen) atoms. The lowest BCUT2D eigenvalue weighted by Gasteiger charge is -2.14. The van der Waals surface area contributed by atoms with Crippen LogP contribution in [0.25, 0.3) is 0 Å². The van der Waals surface area contributed by atoms with Gasteiger partial charge in [0.15, 0.2) is 0 Å². The quantitative estimate of drug-likeness (QED) is 0.946. The standard InChI is InChI=1S/C12H13BrClN3/c1-17-5-4-16-12(17)7-11(15)9-3-2-8(14)6-10(9)13/h2-6,11H,7,15H2,1H3. The summed E-state index contributed by atoms with van der Waals surface area (Å²) in [6.07, 6.45) is 4.39. The van der Waals surface area contributed by atoms with E-state index < -0.39 is 0 Å². The van der Waals surface area contributed by atoms with Gasteiger partial charge in [0, 0.05) is 41.4 Å². The largest absolute Gasteiger partial charge is 0.338 e. The van der Waals surface area contributed by atoms with Gasteiger partial charge in [-0.3, -0.25) is 0 Å². The van der Waals surface area contributed by atoms with Gasteiger partial charge in [0.1, 0.15) is 5.82 Å². The molecule has 0 spiro atoms. The first-order chi connectivity index (χ1) is 8.08. The smallest absolute Gasteiger partial charge is 0.110 e. The fourth-order valence-electron chi connectivity index (χ4n) is 1.70. The number of nitrogens with zero attached hydrogens (tertiary/aromatic N) is 2. The highest BCUT2D eigenvalue weighted by molar-refractivity contribution is 9.10. The number of hydrogen-bond donors (Lipinski definition) is 1. The molecule has 0 fully saturated rings. The van der Waals surface area contributed by atoms with Gasteiger partial charge in [-0.2, -0.15) is 0 Å². The summed E-state index contributed by atoms with van der Waals surface area (Å²) in [6, 6.07) is 5.55. The Morgan fingerprint density at radius 3 is 2.88 bits per heavy atom. The third-order valence-corrected chi connectivity index (χ3v) is 3.61. The molecule has 1 aromatic heterocycles. The van der Waals surface area contributed by atoms with E-state index in [0.717, 1.165) is 15.9 Å². The number of nitrogens with two attached hydrogens (primary N) is 1. The Hall–Kier alpha value is -0.840. The molecule has 0 aliphatic rings. The van der Waals surface area contributed by atoms with Crippen molar-refractivity contribution in [3.63, 3.8) is 0 Å². The third-order valence-electron chi connectivity index (χ3n) is 2.69. The molecule has 0 amide bonds.